The van der Waals surface area contributed by atoms with Crippen molar-refractivity contribution in [2.75, 3.05) is 37.6 Å². The Hall–Kier alpha value is -0.970. The fourth-order valence-corrected chi connectivity index (χ4v) is 2.32. The minimum atomic E-state index is -0.449. The molecular formula is C15H25Cl2N3O. The largest absolute Gasteiger partial charge is 0.368 e. The molecule has 0 radical (unpaired) electrons. The Bertz CT molecular complexity index is 432. The van der Waals surface area contributed by atoms with E-state index in [2.05, 4.69) is 17.0 Å². The standard InChI is InChI=1S/C15H23N3O.2ClH/c1-15(2,12-16)14(19)18-10-8-17(9-11-18)13-6-4-3-5-7-13;;/h3-7H,8-12,16H2,1-2H3;2*1H. The Labute approximate surface area is 139 Å². The highest BCUT2D eigenvalue weighted by Gasteiger charge is 2.32. The topological polar surface area (TPSA) is 49.6 Å². The van der Waals surface area contributed by atoms with Gasteiger partial charge in [0.25, 0.3) is 0 Å². The SMILES string of the molecule is CC(C)(CN)C(=O)N1CCN(c2ccccc2)CC1.Cl.Cl. The van der Waals surface area contributed by atoms with E-state index < -0.39 is 5.41 Å². The molecule has 1 aliphatic rings. The lowest BCUT2D eigenvalue weighted by Gasteiger charge is -2.39. The molecule has 1 aliphatic heterocycles. The molecule has 0 bridgehead atoms. The maximum atomic E-state index is 12.3. The predicted octanol–water partition coefficient (Wildman–Crippen LogP) is 2.16. The summed E-state index contributed by atoms with van der Waals surface area (Å²) in [4.78, 5) is 16.6. The minimum Gasteiger partial charge on any atom is -0.368 e. The maximum Gasteiger partial charge on any atom is 0.229 e. The Kier molecular flexibility index (Phi) is 8.08. The van der Waals surface area contributed by atoms with Gasteiger partial charge in [-0.2, -0.15) is 0 Å². The number of carbonyl (C=O) groups is 1. The number of hydrogen-bond donors (Lipinski definition) is 1. The molecule has 120 valence electrons. The van der Waals surface area contributed by atoms with Crippen LogP contribution in [-0.4, -0.2) is 43.5 Å². The van der Waals surface area contributed by atoms with Crippen molar-refractivity contribution in [3.05, 3.63) is 30.3 Å². The van der Waals surface area contributed by atoms with Crippen molar-refractivity contribution in [1.82, 2.24) is 4.90 Å². The number of hydrogen-bond acceptors (Lipinski definition) is 3. The summed E-state index contributed by atoms with van der Waals surface area (Å²) in [6.45, 7) is 7.55. The van der Waals surface area contributed by atoms with Gasteiger partial charge in [-0.25, -0.2) is 0 Å². The van der Waals surface area contributed by atoms with Crippen LogP contribution in [0, 0.1) is 5.41 Å². The highest BCUT2D eigenvalue weighted by atomic mass is 35.5. The lowest BCUT2D eigenvalue weighted by Crippen LogP contribution is -2.53. The van der Waals surface area contributed by atoms with Gasteiger partial charge in [0.2, 0.25) is 5.91 Å². The van der Waals surface area contributed by atoms with Crippen molar-refractivity contribution in [2.45, 2.75) is 13.8 Å². The number of benzene rings is 1. The quantitative estimate of drug-likeness (QED) is 0.922. The van der Waals surface area contributed by atoms with Gasteiger partial charge in [0.15, 0.2) is 0 Å². The van der Waals surface area contributed by atoms with E-state index in [1.807, 2.05) is 36.9 Å². The molecule has 4 nitrogen and oxygen atoms in total. The summed E-state index contributed by atoms with van der Waals surface area (Å²) in [5, 5.41) is 0. The Morgan fingerprint density at radius 3 is 2.10 bits per heavy atom. The van der Waals surface area contributed by atoms with Crippen LogP contribution in [0.15, 0.2) is 30.3 Å². The number of carbonyl (C=O) groups excluding carboxylic acids is 1. The van der Waals surface area contributed by atoms with E-state index in [1.165, 1.54) is 5.69 Å². The number of anilines is 1. The van der Waals surface area contributed by atoms with Crippen molar-refractivity contribution < 1.29 is 4.79 Å². The highest BCUT2D eigenvalue weighted by Crippen LogP contribution is 2.20. The average molecular weight is 334 g/mol. The molecule has 0 aromatic heterocycles. The van der Waals surface area contributed by atoms with Crippen molar-refractivity contribution in [3.8, 4) is 0 Å². The normalized spacial score (nSPS) is 15.0. The smallest absolute Gasteiger partial charge is 0.229 e. The molecular weight excluding hydrogens is 309 g/mol. The number of halogens is 2. The molecule has 0 unspecified atom stereocenters. The number of rotatable bonds is 3. The molecule has 21 heavy (non-hydrogen) atoms. The molecule has 1 heterocycles. The van der Waals surface area contributed by atoms with Crippen LogP contribution < -0.4 is 10.6 Å². The number of amides is 1. The second-order valence-corrected chi connectivity index (χ2v) is 5.70. The maximum absolute atomic E-state index is 12.3. The fourth-order valence-electron chi connectivity index (χ4n) is 2.32. The molecule has 1 amide bonds. The van der Waals surface area contributed by atoms with E-state index in [0.29, 0.717) is 6.54 Å². The summed E-state index contributed by atoms with van der Waals surface area (Å²) in [5.74, 6) is 0.169. The molecule has 1 aromatic carbocycles. The summed E-state index contributed by atoms with van der Waals surface area (Å²) in [6.07, 6.45) is 0. The van der Waals surface area contributed by atoms with Crippen molar-refractivity contribution in [1.29, 1.82) is 0 Å². The number of piperazine rings is 1. The molecule has 1 aromatic rings. The van der Waals surface area contributed by atoms with Gasteiger partial charge in [0, 0.05) is 38.4 Å². The second kappa shape index (κ2) is 8.47. The van der Waals surface area contributed by atoms with Gasteiger partial charge in [0.05, 0.1) is 5.41 Å². The minimum absolute atomic E-state index is 0. The number of para-hydroxylation sites is 1. The van der Waals surface area contributed by atoms with Gasteiger partial charge in [-0.05, 0) is 26.0 Å². The Balaban J connectivity index is 0.00000200. The number of nitrogens with two attached hydrogens (primary N) is 1. The van der Waals surface area contributed by atoms with Gasteiger partial charge < -0.3 is 15.5 Å². The fraction of sp³-hybridized carbons (Fsp3) is 0.533. The molecule has 1 fully saturated rings. The summed E-state index contributed by atoms with van der Waals surface area (Å²) in [5.41, 5.74) is 6.45. The first-order valence-electron chi connectivity index (χ1n) is 6.84. The third-order valence-electron chi connectivity index (χ3n) is 3.78. The van der Waals surface area contributed by atoms with Crippen molar-refractivity contribution in [2.24, 2.45) is 11.1 Å². The molecule has 2 rings (SSSR count). The van der Waals surface area contributed by atoms with E-state index in [-0.39, 0.29) is 30.7 Å². The zero-order chi connectivity index (χ0) is 13.9. The molecule has 0 aliphatic carbocycles. The predicted molar refractivity (Wildman–Crippen MR) is 92.6 cm³/mol. The summed E-state index contributed by atoms with van der Waals surface area (Å²) in [7, 11) is 0. The van der Waals surface area contributed by atoms with Crippen molar-refractivity contribution >= 4 is 36.4 Å². The monoisotopic (exact) mass is 333 g/mol. The van der Waals surface area contributed by atoms with Gasteiger partial charge >= 0.3 is 0 Å². The third kappa shape index (κ3) is 4.77. The van der Waals surface area contributed by atoms with E-state index in [9.17, 15) is 4.79 Å². The molecule has 1 saturated heterocycles. The summed E-state index contributed by atoms with van der Waals surface area (Å²) < 4.78 is 0. The van der Waals surface area contributed by atoms with Crippen LogP contribution in [0.5, 0.6) is 0 Å². The Morgan fingerprint density at radius 1 is 1.10 bits per heavy atom. The van der Waals surface area contributed by atoms with Gasteiger partial charge in [-0.1, -0.05) is 18.2 Å². The molecule has 2 N–H and O–H groups in total. The van der Waals surface area contributed by atoms with E-state index in [4.69, 9.17) is 5.73 Å². The van der Waals surface area contributed by atoms with Crippen molar-refractivity contribution in [3.63, 3.8) is 0 Å². The van der Waals surface area contributed by atoms with E-state index in [0.717, 1.165) is 26.2 Å². The summed E-state index contributed by atoms with van der Waals surface area (Å²) >= 11 is 0. The first-order chi connectivity index (χ1) is 9.04. The van der Waals surface area contributed by atoms with E-state index >= 15 is 0 Å². The van der Waals surface area contributed by atoms with Crippen LogP contribution >= 0.6 is 24.8 Å². The molecule has 0 atom stereocenters. The third-order valence-corrected chi connectivity index (χ3v) is 3.78. The van der Waals surface area contributed by atoms with Crippen LogP contribution in [0.1, 0.15) is 13.8 Å². The zero-order valence-electron chi connectivity index (χ0n) is 12.6. The van der Waals surface area contributed by atoms with Crippen LogP contribution in [0.3, 0.4) is 0 Å². The number of nitrogens with zero attached hydrogens (tertiary/aromatic N) is 2. The van der Waals surface area contributed by atoms with Crippen LogP contribution in [0.4, 0.5) is 5.69 Å². The summed E-state index contributed by atoms with van der Waals surface area (Å²) in [6, 6.07) is 10.3. The van der Waals surface area contributed by atoms with E-state index in [1.54, 1.807) is 0 Å². The first kappa shape index (κ1) is 20.0. The molecule has 0 saturated carbocycles. The molecule has 6 heteroatoms. The lowest BCUT2D eigenvalue weighted by molar-refractivity contribution is -0.140. The Morgan fingerprint density at radius 2 is 1.62 bits per heavy atom. The highest BCUT2D eigenvalue weighted by molar-refractivity contribution is 5.85. The molecule has 0 spiro atoms. The average Bonchev–Trinajstić information content (AvgIpc) is 2.47. The zero-order valence-corrected chi connectivity index (χ0v) is 14.3. The second-order valence-electron chi connectivity index (χ2n) is 5.70. The van der Waals surface area contributed by atoms with Crippen LogP contribution in [0.25, 0.3) is 0 Å². The van der Waals surface area contributed by atoms with Gasteiger partial charge in [-0.3, -0.25) is 4.79 Å². The lowest BCUT2D eigenvalue weighted by atomic mass is 9.91. The van der Waals surface area contributed by atoms with Crippen LogP contribution in [-0.2, 0) is 4.79 Å². The first-order valence-corrected chi connectivity index (χ1v) is 6.84. The van der Waals surface area contributed by atoms with Gasteiger partial charge in [0.1, 0.15) is 0 Å². The van der Waals surface area contributed by atoms with Gasteiger partial charge in [-0.15, -0.1) is 24.8 Å². The van der Waals surface area contributed by atoms with Crippen LogP contribution in [0.2, 0.25) is 0 Å².